The number of rotatable bonds is 14. The van der Waals surface area contributed by atoms with E-state index in [0.29, 0.717) is 52.3 Å². The van der Waals surface area contributed by atoms with Crippen LogP contribution in [0.2, 0.25) is 0 Å². The van der Waals surface area contributed by atoms with Gasteiger partial charge in [-0.1, -0.05) is 39.0 Å². The number of ether oxygens (including phenoxy) is 2. The van der Waals surface area contributed by atoms with E-state index in [-0.39, 0.29) is 37.0 Å². The van der Waals surface area contributed by atoms with Gasteiger partial charge < -0.3 is 29.4 Å². The Morgan fingerprint density at radius 2 is 1.74 bits per heavy atom. The summed E-state index contributed by atoms with van der Waals surface area (Å²) in [5, 5.41) is 15.6. The molecule has 3 heterocycles. The third-order valence-electron chi connectivity index (χ3n) is 11.5. The van der Waals surface area contributed by atoms with Crippen LogP contribution < -0.4 is 24.8 Å². The average Bonchev–Trinajstić information content (AvgIpc) is 4.14. The number of hydrogen-bond donors (Lipinski definition) is 3. The second-order valence-corrected chi connectivity index (χ2v) is 19.6. The van der Waals surface area contributed by atoms with E-state index < -0.39 is 68.1 Å². The summed E-state index contributed by atoms with van der Waals surface area (Å²) in [7, 11) is -3.93. The van der Waals surface area contributed by atoms with Crippen molar-refractivity contribution in [1.82, 2.24) is 24.9 Å². The fourth-order valence-electron chi connectivity index (χ4n) is 7.90. The number of aromatic nitrogens is 2. The first-order valence-corrected chi connectivity index (χ1v) is 22.2. The standard InChI is InChI=1S/C46H49N7O8S/c1-7-29-23-46(29,44(56)52-62(57,58)33-20-21-33)51-41(54)35-22-32(25-53(35)43(55)39(45(4,5)6)48-30-16-12-27(24-47)13-17-30)60-42-38-37(34-10-8-9-11-36(34)61-38)49-40(50-42)28-14-18-31(19-15-28)59-26(2)3/h7-19,26,29,32-33,35,39,48H,1,20-23,25H2,2-6H3,(H,51,54)(H,52,56)/t29-,32-,35+,39?,46-/m1/s1. The molecule has 8 rings (SSSR count). The lowest BCUT2D eigenvalue weighted by molar-refractivity contribution is -0.141. The van der Waals surface area contributed by atoms with Crippen molar-refractivity contribution in [3.05, 3.63) is 91.0 Å². The minimum absolute atomic E-state index is 0.00950. The molecular formula is C46H49N7O8S. The number of amides is 3. The molecule has 15 nitrogen and oxygen atoms in total. The number of nitrogens with one attached hydrogen (secondary N) is 3. The molecule has 5 atom stereocenters. The van der Waals surface area contributed by atoms with Gasteiger partial charge in [0.2, 0.25) is 27.4 Å². The first kappa shape index (κ1) is 42.2. The second kappa shape index (κ2) is 16.1. The Kier molecular flexibility index (Phi) is 11.0. The highest BCUT2D eigenvalue weighted by molar-refractivity contribution is 7.91. The molecule has 3 N–H and O–H groups in total. The number of nitriles is 1. The zero-order valence-corrected chi connectivity index (χ0v) is 36.0. The molecule has 16 heteroatoms. The largest absolute Gasteiger partial charge is 0.491 e. The summed E-state index contributed by atoms with van der Waals surface area (Å²) in [5.41, 5.74) is 0.839. The Bertz CT molecular complexity index is 2720. The molecule has 2 aliphatic carbocycles. The van der Waals surface area contributed by atoms with Crippen molar-refractivity contribution in [2.24, 2.45) is 11.3 Å². The molecular weight excluding hydrogens is 811 g/mol. The quantitative estimate of drug-likeness (QED) is 0.106. The van der Waals surface area contributed by atoms with Crippen molar-refractivity contribution in [1.29, 1.82) is 5.26 Å². The highest BCUT2D eigenvalue weighted by Crippen LogP contribution is 2.46. The third-order valence-corrected chi connectivity index (χ3v) is 13.3. The van der Waals surface area contributed by atoms with Gasteiger partial charge in [-0.25, -0.2) is 13.4 Å². The summed E-state index contributed by atoms with van der Waals surface area (Å²) in [5.74, 6) is -1.29. The maximum absolute atomic E-state index is 14.9. The lowest BCUT2D eigenvalue weighted by Crippen LogP contribution is -2.58. The Morgan fingerprint density at radius 3 is 2.37 bits per heavy atom. The van der Waals surface area contributed by atoms with Gasteiger partial charge in [0.15, 0.2) is 5.82 Å². The van der Waals surface area contributed by atoms with Crippen LogP contribution in [0.4, 0.5) is 5.69 Å². The lowest BCUT2D eigenvalue weighted by atomic mass is 9.85. The predicted octanol–water partition coefficient (Wildman–Crippen LogP) is 6.25. The number of benzene rings is 3. The van der Waals surface area contributed by atoms with Gasteiger partial charge in [0.1, 0.15) is 40.6 Å². The molecule has 1 unspecified atom stereocenters. The monoisotopic (exact) mass is 859 g/mol. The van der Waals surface area contributed by atoms with Crippen LogP contribution >= 0.6 is 0 Å². The fraction of sp³-hybridized carbons (Fsp3) is 0.391. The Morgan fingerprint density at radius 1 is 1.03 bits per heavy atom. The first-order chi connectivity index (χ1) is 29.5. The summed E-state index contributed by atoms with van der Waals surface area (Å²) in [6.07, 6.45) is 1.72. The highest BCUT2D eigenvalue weighted by Gasteiger charge is 2.62. The number of hydrogen-bond acceptors (Lipinski definition) is 12. The number of nitrogens with zero attached hydrogens (tertiary/aromatic N) is 4. The number of sulfonamides is 1. The van der Waals surface area contributed by atoms with E-state index in [1.54, 1.807) is 24.3 Å². The van der Waals surface area contributed by atoms with E-state index in [0.717, 1.165) is 5.39 Å². The minimum atomic E-state index is -3.93. The van der Waals surface area contributed by atoms with Crippen LogP contribution in [0, 0.1) is 22.7 Å². The SMILES string of the molecule is C=C[C@@H]1C[C@]1(NC(=O)[C@@H]1C[C@@H](Oc2nc(-c3ccc(OC(C)C)cc3)nc3c2oc2ccccc23)CN1C(=O)C(Nc1ccc(C#N)cc1)C(C)(C)C)C(=O)NS(=O)(=O)C1CC1. The Hall–Kier alpha value is -6.47. The number of likely N-dealkylation sites (tertiary alicyclic amines) is 1. The number of carbonyl (C=O) groups is 3. The van der Waals surface area contributed by atoms with Crippen LogP contribution in [0.25, 0.3) is 33.5 Å². The molecule has 62 heavy (non-hydrogen) atoms. The summed E-state index contributed by atoms with van der Waals surface area (Å²) in [6, 6.07) is 21.6. The summed E-state index contributed by atoms with van der Waals surface area (Å²) in [6.45, 7) is 13.3. The van der Waals surface area contributed by atoms with Crippen molar-refractivity contribution in [3.63, 3.8) is 0 Å². The summed E-state index contributed by atoms with van der Waals surface area (Å²) >= 11 is 0. The zero-order chi connectivity index (χ0) is 44.1. The van der Waals surface area contributed by atoms with E-state index in [9.17, 15) is 28.1 Å². The van der Waals surface area contributed by atoms with Crippen LogP contribution in [-0.4, -0.2) is 82.6 Å². The second-order valence-electron chi connectivity index (χ2n) is 17.6. The van der Waals surface area contributed by atoms with E-state index in [2.05, 4.69) is 28.0 Å². The smallest absolute Gasteiger partial charge is 0.262 e. The van der Waals surface area contributed by atoms with Gasteiger partial charge in [-0.2, -0.15) is 10.2 Å². The van der Waals surface area contributed by atoms with Crippen LogP contribution in [0.15, 0.2) is 89.9 Å². The number of carbonyl (C=O) groups excluding carboxylic acids is 3. The van der Waals surface area contributed by atoms with Crippen molar-refractivity contribution in [3.8, 4) is 29.1 Å². The fourth-order valence-corrected chi connectivity index (χ4v) is 9.27. The van der Waals surface area contributed by atoms with Crippen molar-refractivity contribution < 1.29 is 36.7 Å². The molecule has 3 aliphatic rings. The normalized spacial score (nSPS) is 21.6. The molecule has 3 aromatic carbocycles. The molecule has 0 spiro atoms. The van der Waals surface area contributed by atoms with Crippen LogP contribution in [0.1, 0.15) is 65.9 Å². The molecule has 1 saturated heterocycles. The highest BCUT2D eigenvalue weighted by atomic mass is 32.2. The van der Waals surface area contributed by atoms with Gasteiger partial charge in [-0.3, -0.25) is 19.1 Å². The molecule has 3 amide bonds. The number of para-hydroxylation sites is 1. The minimum Gasteiger partial charge on any atom is -0.491 e. The van der Waals surface area contributed by atoms with Crippen LogP contribution in [0.5, 0.6) is 11.6 Å². The van der Waals surface area contributed by atoms with Gasteiger partial charge in [0, 0.05) is 29.0 Å². The zero-order valence-electron chi connectivity index (χ0n) is 35.2. The van der Waals surface area contributed by atoms with Gasteiger partial charge in [0.25, 0.3) is 11.8 Å². The van der Waals surface area contributed by atoms with E-state index in [1.165, 1.54) is 11.0 Å². The van der Waals surface area contributed by atoms with Gasteiger partial charge in [0.05, 0.1) is 29.5 Å². The molecule has 1 aliphatic heterocycles. The lowest BCUT2D eigenvalue weighted by Gasteiger charge is -2.36. The summed E-state index contributed by atoms with van der Waals surface area (Å²) in [4.78, 5) is 54.5. The van der Waals surface area contributed by atoms with Crippen molar-refractivity contribution in [2.45, 2.75) is 95.4 Å². The van der Waals surface area contributed by atoms with E-state index >= 15 is 0 Å². The molecule has 322 valence electrons. The number of fused-ring (bicyclic) bond motifs is 3. The van der Waals surface area contributed by atoms with Gasteiger partial charge in [-0.15, -0.1) is 6.58 Å². The van der Waals surface area contributed by atoms with E-state index in [4.69, 9.17) is 23.9 Å². The maximum atomic E-state index is 14.9. The number of furan rings is 1. The van der Waals surface area contributed by atoms with Crippen LogP contribution in [0.3, 0.4) is 0 Å². The summed E-state index contributed by atoms with van der Waals surface area (Å²) < 4.78 is 46.7. The van der Waals surface area contributed by atoms with E-state index in [1.807, 2.05) is 83.1 Å². The Balaban J connectivity index is 1.14. The molecule has 5 aromatic rings. The van der Waals surface area contributed by atoms with Crippen LogP contribution in [-0.2, 0) is 24.4 Å². The molecule has 3 fully saturated rings. The van der Waals surface area contributed by atoms with Gasteiger partial charge in [-0.05, 0) is 99.2 Å². The average molecular weight is 860 g/mol. The molecule has 0 radical (unpaired) electrons. The first-order valence-electron chi connectivity index (χ1n) is 20.7. The van der Waals surface area contributed by atoms with Gasteiger partial charge >= 0.3 is 0 Å². The molecule has 2 saturated carbocycles. The molecule has 0 bridgehead atoms. The Labute approximate surface area is 359 Å². The topological polar surface area (TPSA) is 206 Å². The van der Waals surface area contributed by atoms with Crippen molar-refractivity contribution in [2.75, 3.05) is 11.9 Å². The maximum Gasteiger partial charge on any atom is 0.262 e. The predicted molar refractivity (Wildman–Crippen MR) is 232 cm³/mol. The number of anilines is 1. The third kappa shape index (κ3) is 8.41. The van der Waals surface area contributed by atoms with Crippen molar-refractivity contribution >= 4 is 55.5 Å². The molecule has 2 aromatic heterocycles.